The normalized spacial score (nSPS) is 33.9. The van der Waals surface area contributed by atoms with Gasteiger partial charge in [-0.1, -0.05) is 20.3 Å². The highest BCUT2D eigenvalue weighted by Gasteiger charge is 2.55. The van der Waals surface area contributed by atoms with Crippen LogP contribution in [0.4, 0.5) is 0 Å². The molecule has 1 heterocycles. The van der Waals surface area contributed by atoms with Crippen molar-refractivity contribution >= 4 is 17.7 Å². The standard InChI is InChI=1S/C24H36N2O5S/c1-23(2,12-29-3)13-30-22-20(32-17-5-4-6-17)19(31-26-22)21(27)25-18-15-7-14-8-16(18)11-24(28,9-14)10-15/h14-18,28H,4-13H2,1-3H3,(H,25,27). The second-order valence-electron chi connectivity index (χ2n) is 11.4. The second kappa shape index (κ2) is 8.51. The average Bonchev–Trinajstić information content (AvgIpc) is 3.07. The van der Waals surface area contributed by atoms with Crippen LogP contribution in [-0.2, 0) is 4.74 Å². The largest absolute Gasteiger partial charge is 0.474 e. The van der Waals surface area contributed by atoms with Crippen LogP contribution in [-0.4, -0.2) is 53.4 Å². The molecule has 5 fully saturated rings. The topological polar surface area (TPSA) is 93.8 Å². The van der Waals surface area contributed by atoms with Gasteiger partial charge in [0.05, 0.1) is 18.8 Å². The third-order valence-corrected chi connectivity index (χ3v) is 9.24. The molecule has 0 saturated heterocycles. The van der Waals surface area contributed by atoms with Gasteiger partial charge in [-0.15, -0.1) is 11.8 Å². The summed E-state index contributed by atoms with van der Waals surface area (Å²) in [5.74, 6) is 1.80. The summed E-state index contributed by atoms with van der Waals surface area (Å²) in [6.07, 6.45) is 8.24. The van der Waals surface area contributed by atoms with Gasteiger partial charge in [0.15, 0.2) is 0 Å². The lowest BCUT2D eigenvalue weighted by atomic mass is 9.52. The van der Waals surface area contributed by atoms with Gasteiger partial charge in [0.25, 0.3) is 11.8 Å². The molecule has 0 aliphatic heterocycles. The van der Waals surface area contributed by atoms with E-state index >= 15 is 0 Å². The Kier molecular flexibility index (Phi) is 5.99. The Hall–Kier alpha value is -1.25. The molecule has 7 nitrogen and oxygen atoms in total. The number of rotatable bonds is 9. The number of aromatic nitrogens is 1. The number of thioether (sulfide) groups is 1. The van der Waals surface area contributed by atoms with E-state index in [4.69, 9.17) is 14.0 Å². The van der Waals surface area contributed by atoms with Gasteiger partial charge in [0.1, 0.15) is 4.90 Å². The molecule has 5 aliphatic carbocycles. The van der Waals surface area contributed by atoms with Gasteiger partial charge < -0.3 is 24.4 Å². The van der Waals surface area contributed by atoms with Crippen molar-refractivity contribution in [3.8, 4) is 5.88 Å². The lowest BCUT2D eigenvalue weighted by Gasteiger charge is -2.58. The van der Waals surface area contributed by atoms with Gasteiger partial charge >= 0.3 is 0 Å². The maximum absolute atomic E-state index is 13.3. The first kappa shape index (κ1) is 22.5. The molecule has 178 valence electrons. The molecule has 32 heavy (non-hydrogen) atoms. The molecule has 4 bridgehead atoms. The second-order valence-corrected chi connectivity index (χ2v) is 12.7. The summed E-state index contributed by atoms with van der Waals surface area (Å²) in [5, 5.41) is 18.7. The van der Waals surface area contributed by atoms with Crippen LogP contribution in [0.2, 0.25) is 0 Å². The summed E-state index contributed by atoms with van der Waals surface area (Å²) in [4.78, 5) is 14.1. The Morgan fingerprint density at radius 1 is 1.25 bits per heavy atom. The number of carbonyl (C=O) groups is 1. The van der Waals surface area contributed by atoms with E-state index in [-0.39, 0.29) is 23.1 Å². The lowest BCUT2D eigenvalue weighted by Crippen LogP contribution is -2.61. The molecule has 1 aromatic rings. The number of ether oxygens (including phenoxy) is 2. The van der Waals surface area contributed by atoms with Crippen LogP contribution in [0.15, 0.2) is 9.42 Å². The van der Waals surface area contributed by atoms with Crippen LogP contribution in [0, 0.1) is 23.2 Å². The highest BCUT2D eigenvalue weighted by atomic mass is 32.2. The van der Waals surface area contributed by atoms with Crippen LogP contribution >= 0.6 is 11.8 Å². The van der Waals surface area contributed by atoms with Gasteiger partial charge in [0, 0.05) is 23.8 Å². The number of amides is 1. The minimum absolute atomic E-state index is 0.107. The molecule has 2 unspecified atom stereocenters. The van der Waals surface area contributed by atoms with E-state index in [1.165, 1.54) is 6.42 Å². The van der Waals surface area contributed by atoms with Crippen LogP contribution in [0.25, 0.3) is 0 Å². The summed E-state index contributed by atoms with van der Waals surface area (Å²) in [6.45, 7) is 5.15. The summed E-state index contributed by atoms with van der Waals surface area (Å²) >= 11 is 1.66. The Morgan fingerprint density at radius 2 is 1.97 bits per heavy atom. The van der Waals surface area contributed by atoms with Gasteiger partial charge in [-0.25, -0.2) is 0 Å². The average molecular weight is 465 g/mol. The quantitative estimate of drug-likeness (QED) is 0.570. The molecule has 1 aromatic heterocycles. The van der Waals surface area contributed by atoms with Crippen LogP contribution < -0.4 is 10.1 Å². The van der Waals surface area contributed by atoms with E-state index in [0.717, 1.165) is 49.8 Å². The predicted octanol–water partition coefficient (Wildman–Crippen LogP) is 4.04. The molecule has 0 radical (unpaired) electrons. The molecule has 5 saturated carbocycles. The van der Waals surface area contributed by atoms with E-state index in [2.05, 4.69) is 24.3 Å². The van der Waals surface area contributed by atoms with Crippen LogP contribution in [0.5, 0.6) is 5.88 Å². The highest BCUT2D eigenvalue weighted by Crippen LogP contribution is 2.55. The summed E-state index contributed by atoms with van der Waals surface area (Å²) in [5.41, 5.74) is -0.680. The molecule has 1 amide bonds. The summed E-state index contributed by atoms with van der Waals surface area (Å²) in [6, 6.07) is 0.107. The van der Waals surface area contributed by atoms with Crippen molar-refractivity contribution in [2.24, 2.45) is 23.2 Å². The number of aliphatic hydroxyl groups is 1. The van der Waals surface area contributed by atoms with Gasteiger partial charge in [0.2, 0.25) is 5.76 Å². The number of carbonyl (C=O) groups excluding carboxylic acids is 1. The van der Waals surface area contributed by atoms with E-state index in [1.807, 2.05) is 0 Å². The van der Waals surface area contributed by atoms with Crippen molar-refractivity contribution in [2.45, 2.75) is 87.0 Å². The predicted molar refractivity (Wildman–Crippen MR) is 121 cm³/mol. The van der Waals surface area contributed by atoms with Crippen molar-refractivity contribution in [3.63, 3.8) is 0 Å². The fourth-order valence-electron chi connectivity index (χ4n) is 6.39. The molecule has 5 aliphatic rings. The Morgan fingerprint density at radius 3 is 2.56 bits per heavy atom. The molecule has 2 atom stereocenters. The molecular formula is C24H36N2O5S. The summed E-state index contributed by atoms with van der Waals surface area (Å²) in [7, 11) is 1.68. The molecule has 0 spiro atoms. The first-order valence-corrected chi connectivity index (χ1v) is 12.9. The van der Waals surface area contributed by atoms with E-state index < -0.39 is 5.60 Å². The lowest BCUT2D eigenvalue weighted by molar-refractivity contribution is -0.137. The first-order chi connectivity index (χ1) is 15.3. The zero-order valence-corrected chi connectivity index (χ0v) is 20.2. The maximum Gasteiger partial charge on any atom is 0.291 e. The zero-order valence-electron chi connectivity index (χ0n) is 19.4. The number of hydrogen-bond donors (Lipinski definition) is 2. The van der Waals surface area contributed by atoms with Crippen molar-refractivity contribution in [3.05, 3.63) is 5.76 Å². The SMILES string of the molecule is COCC(C)(C)COc1noc(C(=O)NC2C3CC4CC2CC(O)(C4)C3)c1SC1CCC1. The highest BCUT2D eigenvalue weighted by molar-refractivity contribution is 8.00. The van der Waals surface area contributed by atoms with Crippen LogP contribution in [0.1, 0.15) is 75.8 Å². The Balaban J connectivity index is 1.31. The molecule has 6 rings (SSSR count). The maximum atomic E-state index is 13.3. The van der Waals surface area contributed by atoms with Crippen molar-refractivity contribution in [1.82, 2.24) is 10.5 Å². The molecular weight excluding hydrogens is 428 g/mol. The molecule has 8 heteroatoms. The minimum Gasteiger partial charge on any atom is -0.474 e. The summed E-state index contributed by atoms with van der Waals surface area (Å²) < 4.78 is 16.9. The van der Waals surface area contributed by atoms with Gasteiger partial charge in [-0.3, -0.25) is 4.79 Å². The van der Waals surface area contributed by atoms with Gasteiger partial charge in [-0.2, -0.15) is 0 Å². The Bertz CT molecular complexity index is 835. The van der Waals surface area contributed by atoms with Gasteiger partial charge in [-0.05, 0) is 67.9 Å². The van der Waals surface area contributed by atoms with E-state index in [9.17, 15) is 9.90 Å². The van der Waals surface area contributed by atoms with Crippen molar-refractivity contribution in [2.75, 3.05) is 20.3 Å². The zero-order chi connectivity index (χ0) is 22.5. The number of nitrogens with zero attached hydrogens (tertiary/aromatic N) is 1. The fourth-order valence-corrected chi connectivity index (χ4v) is 7.73. The molecule has 0 aromatic carbocycles. The first-order valence-electron chi connectivity index (χ1n) is 12.1. The van der Waals surface area contributed by atoms with E-state index in [0.29, 0.717) is 42.1 Å². The third-order valence-electron chi connectivity index (χ3n) is 7.84. The number of hydrogen-bond acceptors (Lipinski definition) is 7. The molecule has 2 N–H and O–H groups in total. The van der Waals surface area contributed by atoms with Crippen LogP contribution in [0.3, 0.4) is 0 Å². The fraction of sp³-hybridized carbons (Fsp3) is 0.833. The monoisotopic (exact) mass is 464 g/mol. The van der Waals surface area contributed by atoms with Crippen molar-refractivity contribution in [1.29, 1.82) is 0 Å². The number of methoxy groups -OCH3 is 1. The van der Waals surface area contributed by atoms with Crippen molar-refractivity contribution < 1.29 is 23.9 Å². The minimum atomic E-state index is -0.509. The third kappa shape index (κ3) is 4.42. The number of nitrogens with one attached hydrogen (secondary N) is 1. The smallest absolute Gasteiger partial charge is 0.291 e. The Labute approximate surface area is 194 Å². The van der Waals surface area contributed by atoms with E-state index in [1.54, 1.807) is 18.9 Å².